The van der Waals surface area contributed by atoms with E-state index in [9.17, 15) is 4.39 Å². The monoisotopic (exact) mass is 320 g/mol. The highest BCUT2D eigenvalue weighted by molar-refractivity contribution is 6.53. The molecule has 7 heteroatoms. The van der Waals surface area contributed by atoms with E-state index in [4.69, 9.17) is 14.0 Å². The summed E-state index contributed by atoms with van der Waals surface area (Å²) in [5, 5.41) is 0. The van der Waals surface area contributed by atoms with Gasteiger partial charge in [0.1, 0.15) is 12.1 Å². The normalized spacial score (nSPS) is 24.6. The molecule has 2 fully saturated rings. The van der Waals surface area contributed by atoms with Crippen LogP contribution in [-0.4, -0.2) is 34.9 Å². The lowest BCUT2D eigenvalue weighted by molar-refractivity contribution is 0.00578. The maximum Gasteiger partial charge on any atom is 0.524 e. The third-order valence-electron chi connectivity index (χ3n) is 4.88. The number of hydrogen-bond acceptors (Lipinski definition) is 5. The standard InChI is InChI=1S/C16H22BFN2O3/c1-14(2)15(3,4)23-17(22-14)12(18)9-16(6-7-16)10-21-13-5-8-19-11-20-13/h5,8-9,11H,6-7,10H2,1-4H3. The number of rotatable bonds is 5. The zero-order valence-corrected chi connectivity index (χ0v) is 14.0. The minimum atomic E-state index is -0.948. The Hall–Kier alpha value is -1.47. The van der Waals surface area contributed by atoms with Crippen molar-refractivity contribution in [2.45, 2.75) is 51.7 Å². The lowest BCUT2D eigenvalue weighted by atomic mass is 9.85. The van der Waals surface area contributed by atoms with Crippen LogP contribution < -0.4 is 4.74 Å². The fourth-order valence-electron chi connectivity index (χ4n) is 2.39. The Morgan fingerprint density at radius 2 is 1.96 bits per heavy atom. The van der Waals surface area contributed by atoms with Gasteiger partial charge in [0.15, 0.2) is 0 Å². The predicted molar refractivity (Wildman–Crippen MR) is 84.5 cm³/mol. The molecule has 0 atom stereocenters. The molecule has 0 N–H and O–H groups in total. The lowest BCUT2D eigenvalue weighted by Crippen LogP contribution is -2.41. The van der Waals surface area contributed by atoms with E-state index in [1.165, 1.54) is 6.33 Å². The van der Waals surface area contributed by atoms with E-state index >= 15 is 0 Å². The van der Waals surface area contributed by atoms with Gasteiger partial charge < -0.3 is 14.0 Å². The van der Waals surface area contributed by atoms with Crippen LogP contribution in [0.3, 0.4) is 0 Å². The third-order valence-corrected chi connectivity index (χ3v) is 4.88. The van der Waals surface area contributed by atoms with Crippen LogP contribution in [0.5, 0.6) is 5.88 Å². The summed E-state index contributed by atoms with van der Waals surface area (Å²) in [5.74, 6) is 0.496. The fourth-order valence-corrected chi connectivity index (χ4v) is 2.39. The molecule has 2 aliphatic rings. The quantitative estimate of drug-likeness (QED) is 0.780. The summed E-state index contributed by atoms with van der Waals surface area (Å²) in [5.41, 5.74) is -1.76. The summed E-state index contributed by atoms with van der Waals surface area (Å²) in [6.07, 6.45) is 6.39. The molecule has 124 valence electrons. The van der Waals surface area contributed by atoms with Crippen molar-refractivity contribution in [3.63, 3.8) is 0 Å². The van der Waals surface area contributed by atoms with Crippen LogP contribution in [0, 0.1) is 5.41 Å². The third kappa shape index (κ3) is 3.40. The molecule has 0 bridgehead atoms. The molecule has 0 aromatic carbocycles. The smallest absolute Gasteiger partial charge is 0.477 e. The number of aromatic nitrogens is 2. The average molecular weight is 320 g/mol. The van der Waals surface area contributed by atoms with Crippen molar-refractivity contribution in [2.24, 2.45) is 5.41 Å². The first-order chi connectivity index (χ1) is 10.7. The second kappa shape index (κ2) is 5.56. The molecule has 0 spiro atoms. The van der Waals surface area contributed by atoms with Crippen molar-refractivity contribution in [3.8, 4) is 5.88 Å². The summed E-state index contributed by atoms with van der Waals surface area (Å²) in [6.45, 7) is 8.02. The molecule has 1 aliphatic heterocycles. The summed E-state index contributed by atoms with van der Waals surface area (Å²) >= 11 is 0. The molecule has 3 rings (SSSR count). The fraction of sp³-hybridized carbons (Fsp3) is 0.625. The second-order valence-electron chi connectivity index (χ2n) is 7.32. The van der Waals surface area contributed by atoms with Gasteiger partial charge in [-0.25, -0.2) is 14.4 Å². The van der Waals surface area contributed by atoms with E-state index in [-0.39, 0.29) is 11.1 Å². The molecule has 1 aromatic rings. The van der Waals surface area contributed by atoms with E-state index in [2.05, 4.69) is 9.97 Å². The molecule has 0 amide bonds. The van der Waals surface area contributed by atoms with E-state index in [0.717, 1.165) is 12.8 Å². The molecule has 2 heterocycles. The molecule has 0 unspecified atom stereocenters. The largest absolute Gasteiger partial charge is 0.524 e. The first-order valence-electron chi connectivity index (χ1n) is 7.86. The van der Waals surface area contributed by atoms with Crippen LogP contribution in [-0.2, 0) is 9.31 Å². The molecule has 1 aromatic heterocycles. The molecule has 1 saturated carbocycles. The van der Waals surface area contributed by atoms with Crippen LogP contribution in [0.1, 0.15) is 40.5 Å². The van der Waals surface area contributed by atoms with Gasteiger partial charge in [0.25, 0.3) is 0 Å². The Balaban J connectivity index is 1.64. The van der Waals surface area contributed by atoms with Crippen molar-refractivity contribution in [1.82, 2.24) is 9.97 Å². The first kappa shape index (κ1) is 16.4. The van der Waals surface area contributed by atoms with Gasteiger partial charge in [-0.1, -0.05) is 0 Å². The molecule has 1 saturated heterocycles. The van der Waals surface area contributed by atoms with Crippen LogP contribution in [0.2, 0.25) is 0 Å². The van der Waals surface area contributed by atoms with E-state index in [0.29, 0.717) is 12.5 Å². The number of ether oxygens (including phenoxy) is 1. The van der Waals surface area contributed by atoms with Gasteiger partial charge in [-0.15, -0.1) is 0 Å². The van der Waals surface area contributed by atoms with Gasteiger partial charge in [-0.3, -0.25) is 0 Å². The predicted octanol–water partition coefficient (Wildman–Crippen LogP) is 3.12. The zero-order chi connectivity index (χ0) is 16.7. The van der Waals surface area contributed by atoms with Crippen molar-refractivity contribution in [3.05, 3.63) is 30.4 Å². The van der Waals surface area contributed by atoms with Crippen molar-refractivity contribution >= 4 is 7.12 Å². The van der Waals surface area contributed by atoms with Crippen LogP contribution >= 0.6 is 0 Å². The SMILES string of the molecule is CC1(C)OB(C(F)=CC2(COc3ccncn3)CC2)OC1(C)C. The van der Waals surface area contributed by atoms with Crippen LogP contribution in [0.4, 0.5) is 4.39 Å². The van der Waals surface area contributed by atoms with Crippen molar-refractivity contribution in [1.29, 1.82) is 0 Å². The van der Waals surface area contributed by atoms with Gasteiger partial charge in [-0.2, -0.15) is 0 Å². The lowest BCUT2D eigenvalue weighted by Gasteiger charge is -2.32. The van der Waals surface area contributed by atoms with Crippen LogP contribution in [0.25, 0.3) is 0 Å². The minimum Gasteiger partial charge on any atom is -0.477 e. The number of halogens is 1. The highest BCUT2D eigenvalue weighted by Crippen LogP contribution is 2.49. The van der Waals surface area contributed by atoms with Gasteiger partial charge >= 0.3 is 7.12 Å². The van der Waals surface area contributed by atoms with Gasteiger partial charge in [-0.05, 0) is 46.6 Å². The highest BCUT2D eigenvalue weighted by Gasteiger charge is 2.54. The minimum absolute atomic E-state index is 0.293. The summed E-state index contributed by atoms with van der Waals surface area (Å²) in [7, 11) is -0.948. The summed E-state index contributed by atoms with van der Waals surface area (Å²) in [4.78, 5) is 7.84. The molecule has 0 radical (unpaired) electrons. The topological polar surface area (TPSA) is 53.5 Å². The number of nitrogens with zero attached hydrogens (tertiary/aromatic N) is 2. The molecular formula is C16H22BFN2O3. The second-order valence-corrected chi connectivity index (χ2v) is 7.32. The maximum atomic E-state index is 14.6. The van der Waals surface area contributed by atoms with E-state index in [1.54, 1.807) is 18.3 Å². The van der Waals surface area contributed by atoms with Gasteiger partial charge in [0.05, 0.1) is 17.8 Å². The van der Waals surface area contributed by atoms with Gasteiger partial charge in [0.2, 0.25) is 5.88 Å². The summed E-state index contributed by atoms with van der Waals surface area (Å²) < 4.78 is 31.7. The van der Waals surface area contributed by atoms with Crippen LogP contribution in [0.15, 0.2) is 30.4 Å². The first-order valence-corrected chi connectivity index (χ1v) is 7.86. The molecular weight excluding hydrogens is 298 g/mol. The van der Waals surface area contributed by atoms with Crippen molar-refractivity contribution < 1.29 is 18.4 Å². The Bertz CT molecular complexity index is 587. The average Bonchev–Trinajstić information content (AvgIpc) is 3.20. The van der Waals surface area contributed by atoms with Gasteiger partial charge in [0, 0.05) is 17.7 Å². The Morgan fingerprint density at radius 3 is 2.48 bits per heavy atom. The molecule has 23 heavy (non-hydrogen) atoms. The Kier molecular flexibility index (Phi) is 3.96. The Labute approximate surface area is 136 Å². The molecule has 1 aliphatic carbocycles. The highest BCUT2D eigenvalue weighted by atomic mass is 19.1. The van der Waals surface area contributed by atoms with E-state index < -0.39 is 18.3 Å². The summed E-state index contributed by atoms with van der Waals surface area (Å²) in [6, 6.07) is 1.68. The Morgan fingerprint density at radius 1 is 1.30 bits per heavy atom. The maximum absolute atomic E-state index is 14.6. The van der Waals surface area contributed by atoms with E-state index in [1.807, 2.05) is 27.7 Å². The number of hydrogen-bond donors (Lipinski definition) is 0. The molecule has 5 nitrogen and oxygen atoms in total. The van der Waals surface area contributed by atoms with Crippen molar-refractivity contribution in [2.75, 3.05) is 6.61 Å². The zero-order valence-electron chi connectivity index (χ0n) is 14.0.